The van der Waals surface area contributed by atoms with Crippen LogP contribution in [0, 0.1) is 16.7 Å². The molecule has 0 saturated heterocycles. The molecule has 112 valence electrons. The molecule has 0 spiro atoms. The predicted octanol–water partition coefficient (Wildman–Crippen LogP) is 1.61. The predicted molar refractivity (Wildman–Crippen MR) is 75.6 cm³/mol. The molecule has 2 atom stereocenters. The van der Waals surface area contributed by atoms with E-state index in [1.165, 1.54) is 0 Å². The monoisotopic (exact) mass is 272 g/mol. The van der Waals surface area contributed by atoms with Crippen LogP contribution in [0.15, 0.2) is 0 Å². The summed E-state index contributed by atoms with van der Waals surface area (Å²) in [6.07, 6.45) is 0.631. The van der Waals surface area contributed by atoms with Crippen molar-refractivity contribution in [3.63, 3.8) is 0 Å². The fourth-order valence-corrected chi connectivity index (χ4v) is 1.93. The van der Waals surface area contributed by atoms with Gasteiger partial charge in [0.05, 0.1) is 5.92 Å². The fourth-order valence-electron chi connectivity index (χ4n) is 1.93. The van der Waals surface area contributed by atoms with Crippen LogP contribution in [-0.2, 0) is 9.59 Å². The van der Waals surface area contributed by atoms with Crippen molar-refractivity contribution in [1.82, 2.24) is 5.32 Å². The van der Waals surface area contributed by atoms with Crippen molar-refractivity contribution in [3.05, 3.63) is 0 Å². The van der Waals surface area contributed by atoms with Crippen LogP contribution in [0.2, 0.25) is 0 Å². The van der Waals surface area contributed by atoms with Crippen LogP contribution < -0.4 is 11.1 Å². The maximum Gasteiger partial charge on any atom is 0.326 e. The van der Waals surface area contributed by atoms with Gasteiger partial charge in [-0.3, -0.25) is 4.79 Å². The smallest absolute Gasteiger partial charge is 0.326 e. The number of carboxylic acids is 1. The molecular weight excluding hydrogens is 244 g/mol. The Balaban J connectivity index is 4.85. The lowest BCUT2D eigenvalue weighted by atomic mass is 9.83. The molecule has 0 aliphatic rings. The van der Waals surface area contributed by atoms with Gasteiger partial charge in [-0.15, -0.1) is 0 Å². The van der Waals surface area contributed by atoms with E-state index in [4.69, 9.17) is 5.73 Å². The lowest BCUT2D eigenvalue weighted by Crippen LogP contribution is -2.52. The van der Waals surface area contributed by atoms with E-state index in [1.54, 1.807) is 20.8 Å². The van der Waals surface area contributed by atoms with Gasteiger partial charge in [-0.25, -0.2) is 4.79 Å². The molecule has 0 rings (SSSR count). The summed E-state index contributed by atoms with van der Waals surface area (Å²) in [6.45, 7) is 11.7. The van der Waals surface area contributed by atoms with Gasteiger partial charge in [0.2, 0.25) is 5.91 Å². The van der Waals surface area contributed by atoms with E-state index in [0.29, 0.717) is 6.42 Å². The molecule has 1 amide bonds. The first kappa shape index (κ1) is 17.9. The van der Waals surface area contributed by atoms with E-state index >= 15 is 0 Å². The van der Waals surface area contributed by atoms with Crippen molar-refractivity contribution < 1.29 is 14.7 Å². The quantitative estimate of drug-likeness (QED) is 0.709. The highest BCUT2D eigenvalue weighted by Gasteiger charge is 2.34. The van der Waals surface area contributed by atoms with Crippen LogP contribution in [0.25, 0.3) is 0 Å². The number of nitrogens with two attached hydrogens (primary N) is 1. The van der Waals surface area contributed by atoms with E-state index in [2.05, 4.69) is 5.32 Å². The average molecular weight is 272 g/mol. The van der Waals surface area contributed by atoms with Gasteiger partial charge in [-0.2, -0.15) is 0 Å². The molecule has 0 aromatic heterocycles. The first-order chi connectivity index (χ1) is 8.38. The highest BCUT2D eigenvalue weighted by atomic mass is 16.4. The molecule has 0 aliphatic heterocycles. The van der Waals surface area contributed by atoms with Crippen molar-refractivity contribution in [3.8, 4) is 0 Å². The molecule has 5 heteroatoms. The van der Waals surface area contributed by atoms with Crippen LogP contribution in [0.1, 0.15) is 48.0 Å². The zero-order chi connectivity index (χ0) is 15.4. The summed E-state index contributed by atoms with van der Waals surface area (Å²) < 4.78 is 0. The van der Waals surface area contributed by atoms with Gasteiger partial charge in [0.15, 0.2) is 0 Å². The Bertz CT molecular complexity index is 327. The maximum absolute atomic E-state index is 12.2. The molecule has 19 heavy (non-hydrogen) atoms. The average Bonchev–Trinajstić information content (AvgIpc) is 2.18. The molecule has 2 unspecified atom stereocenters. The van der Waals surface area contributed by atoms with Gasteiger partial charge in [-0.05, 0) is 17.3 Å². The molecule has 5 nitrogen and oxygen atoms in total. The number of carbonyl (C=O) groups is 2. The SMILES string of the molecule is CC(C)(C)CC(CN)C(=O)NC(C(=O)O)C(C)(C)C. The number of carbonyl (C=O) groups excluding carboxylic acids is 1. The number of carboxylic acid groups (broad SMARTS) is 1. The lowest BCUT2D eigenvalue weighted by Gasteiger charge is -2.30. The Hall–Kier alpha value is -1.10. The summed E-state index contributed by atoms with van der Waals surface area (Å²) in [5.74, 6) is -1.66. The van der Waals surface area contributed by atoms with Crippen molar-refractivity contribution >= 4 is 11.9 Å². The summed E-state index contributed by atoms with van der Waals surface area (Å²) in [4.78, 5) is 23.4. The second kappa shape index (κ2) is 6.37. The zero-order valence-corrected chi connectivity index (χ0v) is 12.9. The largest absolute Gasteiger partial charge is 0.480 e. The minimum Gasteiger partial charge on any atom is -0.480 e. The zero-order valence-electron chi connectivity index (χ0n) is 12.9. The molecule has 0 saturated carbocycles. The number of nitrogens with one attached hydrogen (secondary N) is 1. The summed E-state index contributed by atoms with van der Waals surface area (Å²) in [5.41, 5.74) is 5.07. The van der Waals surface area contributed by atoms with Crippen molar-refractivity contribution in [2.75, 3.05) is 6.54 Å². The summed E-state index contributed by atoms with van der Waals surface area (Å²) in [6, 6.07) is -0.908. The van der Waals surface area contributed by atoms with Crippen LogP contribution >= 0.6 is 0 Å². The topological polar surface area (TPSA) is 92.4 Å². The number of amides is 1. The van der Waals surface area contributed by atoms with Crippen LogP contribution in [-0.4, -0.2) is 29.6 Å². The maximum atomic E-state index is 12.2. The number of rotatable bonds is 5. The summed E-state index contributed by atoms with van der Waals surface area (Å²) in [7, 11) is 0. The molecule has 4 N–H and O–H groups in total. The lowest BCUT2D eigenvalue weighted by molar-refractivity contribution is -0.145. The second-order valence-corrected chi connectivity index (χ2v) is 7.34. The van der Waals surface area contributed by atoms with Crippen LogP contribution in [0.5, 0.6) is 0 Å². The molecule has 0 heterocycles. The first-order valence-corrected chi connectivity index (χ1v) is 6.61. The fraction of sp³-hybridized carbons (Fsp3) is 0.857. The molecule has 0 aromatic carbocycles. The van der Waals surface area contributed by atoms with E-state index in [9.17, 15) is 14.7 Å². The summed E-state index contributed by atoms with van der Waals surface area (Å²) >= 11 is 0. The molecule has 0 aromatic rings. The highest BCUT2D eigenvalue weighted by molar-refractivity contribution is 5.85. The Morgan fingerprint density at radius 3 is 1.89 bits per heavy atom. The van der Waals surface area contributed by atoms with E-state index < -0.39 is 17.4 Å². The Labute approximate surface area is 115 Å². The Morgan fingerprint density at radius 1 is 1.16 bits per heavy atom. The van der Waals surface area contributed by atoms with E-state index in [0.717, 1.165) is 0 Å². The third-order valence-corrected chi connectivity index (χ3v) is 2.91. The van der Waals surface area contributed by atoms with E-state index in [-0.39, 0.29) is 23.8 Å². The second-order valence-electron chi connectivity index (χ2n) is 7.34. The van der Waals surface area contributed by atoms with Crippen LogP contribution in [0.4, 0.5) is 0 Å². The molecular formula is C14H28N2O3. The van der Waals surface area contributed by atoms with Crippen LogP contribution in [0.3, 0.4) is 0 Å². The van der Waals surface area contributed by atoms with Crippen molar-refractivity contribution in [1.29, 1.82) is 0 Å². The standard InChI is InChI=1S/C14H28N2O3/c1-13(2,3)7-9(8-15)11(17)16-10(12(18)19)14(4,5)6/h9-10H,7-8,15H2,1-6H3,(H,16,17)(H,18,19). The Morgan fingerprint density at radius 2 is 1.63 bits per heavy atom. The molecule has 0 fully saturated rings. The van der Waals surface area contributed by atoms with Gasteiger partial charge >= 0.3 is 5.97 Å². The number of aliphatic carboxylic acids is 1. The van der Waals surface area contributed by atoms with Gasteiger partial charge in [0.25, 0.3) is 0 Å². The normalized spacial score (nSPS) is 15.7. The van der Waals surface area contributed by atoms with Crippen molar-refractivity contribution in [2.24, 2.45) is 22.5 Å². The highest BCUT2D eigenvalue weighted by Crippen LogP contribution is 2.25. The first-order valence-electron chi connectivity index (χ1n) is 6.61. The van der Waals surface area contributed by atoms with Gasteiger partial charge in [-0.1, -0.05) is 41.5 Å². The third-order valence-electron chi connectivity index (χ3n) is 2.91. The number of hydrogen-bond donors (Lipinski definition) is 3. The molecule has 0 radical (unpaired) electrons. The van der Waals surface area contributed by atoms with Crippen molar-refractivity contribution in [2.45, 2.75) is 54.0 Å². The van der Waals surface area contributed by atoms with Gasteiger partial charge < -0.3 is 16.2 Å². The third kappa shape index (κ3) is 6.57. The molecule has 0 aliphatic carbocycles. The minimum absolute atomic E-state index is 0.0260. The van der Waals surface area contributed by atoms with Gasteiger partial charge in [0.1, 0.15) is 6.04 Å². The molecule has 0 bridgehead atoms. The van der Waals surface area contributed by atoms with E-state index in [1.807, 2.05) is 20.8 Å². The Kier molecular flexibility index (Phi) is 6.00. The minimum atomic E-state index is -1.02. The number of hydrogen-bond acceptors (Lipinski definition) is 3. The summed E-state index contributed by atoms with van der Waals surface area (Å²) in [5, 5.41) is 11.8. The van der Waals surface area contributed by atoms with Gasteiger partial charge in [0, 0.05) is 6.54 Å².